The lowest BCUT2D eigenvalue weighted by Gasteiger charge is -2.17. The van der Waals surface area contributed by atoms with Crippen LogP contribution in [-0.4, -0.2) is 27.5 Å². The van der Waals surface area contributed by atoms with Gasteiger partial charge in [-0.05, 0) is 53.8 Å². The van der Waals surface area contributed by atoms with Gasteiger partial charge < -0.3 is 15.7 Å². The second-order valence-electron chi connectivity index (χ2n) is 7.14. The Morgan fingerprint density at radius 2 is 2.07 bits per heavy atom. The van der Waals surface area contributed by atoms with Crippen molar-refractivity contribution in [2.45, 2.75) is 25.0 Å². The molecule has 1 heterocycles. The van der Waals surface area contributed by atoms with Gasteiger partial charge in [0, 0.05) is 17.2 Å². The maximum atomic E-state index is 13.1. The highest BCUT2D eigenvalue weighted by Crippen LogP contribution is 2.33. The summed E-state index contributed by atoms with van der Waals surface area (Å²) in [5.41, 5.74) is 3.21. The molecule has 0 fully saturated rings. The lowest BCUT2D eigenvalue weighted by molar-refractivity contribution is 0.0936. The summed E-state index contributed by atoms with van der Waals surface area (Å²) in [7, 11) is 0. The van der Waals surface area contributed by atoms with Crippen LogP contribution < -0.4 is 10.6 Å². The summed E-state index contributed by atoms with van der Waals surface area (Å²) in [5.74, 6) is -0.317. The number of anilines is 1. The van der Waals surface area contributed by atoms with Crippen molar-refractivity contribution in [3.05, 3.63) is 87.5 Å². The van der Waals surface area contributed by atoms with Gasteiger partial charge in [-0.3, -0.25) is 4.79 Å². The number of amides is 1. The Kier molecular flexibility index (Phi) is 6.06. The molecule has 30 heavy (non-hydrogen) atoms. The average Bonchev–Trinajstić information content (AvgIpc) is 3.14. The van der Waals surface area contributed by atoms with Crippen LogP contribution in [0.5, 0.6) is 0 Å². The molecule has 1 aliphatic rings. The van der Waals surface area contributed by atoms with Crippen LogP contribution in [0.1, 0.15) is 45.6 Å². The van der Waals surface area contributed by atoms with E-state index in [0.29, 0.717) is 16.9 Å². The van der Waals surface area contributed by atoms with Crippen molar-refractivity contribution in [1.29, 1.82) is 0 Å². The Morgan fingerprint density at radius 3 is 2.87 bits per heavy atom. The molecule has 3 aromatic rings. The van der Waals surface area contributed by atoms with Crippen LogP contribution in [-0.2, 0) is 6.42 Å². The topological polar surface area (TPSA) is 87.1 Å². The highest BCUT2D eigenvalue weighted by Gasteiger charge is 2.25. The van der Waals surface area contributed by atoms with Crippen molar-refractivity contribution in [3.8, 4) is 0 Å². The van der Waals surface area contributed by atoms with Gasteiger partial charge >= 0.3 is 0 Å². The lowest BCUT2D eigenvalue weighted by Crippen LogP contribution is -2.28. The SMILES string of the molecule is O=C(N[C@@H]1CCc2cc(Br)ccc21)c1cncnc1NC[C@@H](O)c1ccc(F)cc1. The summed E-state index contributed by atoms with van der Waals surface area (Å²) >= 11 is 3.48. The molecule has 0 spiro atoms. The van der Waals surface area contributed by atoms with E-state index in [1.807, 2.05) is 12.1 Å². The predicted octanol–water partition coefficient (Wildman–Crippen LogP) is 3.94. The minimum absolute atomic E-state index is 0.0709. The third-order valence-electron chi connectivity index (χ3n) is 5.16. The molecule has 2 aromatic carbocycles. The van der Waals surface area contributed by atoms with Gasteiger partial charge in [0.05, 0.1) is 12.1 Å². The van der Waals surface area contributed by atoms with Crippen LogP contribution in [0.2, 0.25) is 0 Å². The molecule has 0 unspecified atom stereocenters. The quantitative estimate of drug-likeness (QED) is 0.507. The monoisotopic (exact) mass is 470 g/mol. The van der Waals surface area contributed by atoms with Crippen LogP contribution in [0.25, 0.3) is 0 Å². The Bertz CT molecular complexity index is 1060. The minimum atomic E-state index is -0.878. The van der Waals surface area contributed by atoms with Crippen molar-refractivity contribution in [1.82, 2.24) is 15.3 Å². The first kappa shape index (κ1) is 20.4. The number of nitrogens with one attached hydrogen (secondary N) is 2. The second kappa shape index (κ2) is 8.89. The third kappa shape index (κ3) is 4.49. The Morgan fingerprint density at radius 1 is 1.27 bits per heavy atom. The van der Waals surface area contributed by atoms with Crippen molar-refractivity contribution in [2.75, 3.05) is 11.9 Å². The molecule has 1 aliphatic carbocycles. The number of carbonyl (C=O) groups is 1. The largest absolute Gasteiger partial charge is 0.387 e. The number of hydrogen-bond donors (Lipinski definition) is 3. The number of aliphatic hydroxyl groups is 1. The minimum Gasteiger partial charge on any atom is -0.387 e. The molecule has 0 bridgehead atoms. The van der Waals surface area contributed by atoms with E-state index >= 15 is 0 Å². The van der Waals surface area contributed by atoms with Gasteiger partial charge in [0.15, 0.2) is 0 Å². The number of rotatable bonds is 6. The highest BCUT2D eigenvalue weighted by molar-refractivity contribution is 9.10. The first-order valence-electron chi connectivity index (χ1n) is 9.58. The summed E-state index contributed by atoms with van der Waals surface area (Å²) in [6.07, 6.45) is 3.65. The fourth-order valence-corrected chi connectivity index (χ4v) is 4.01. The number of aromatic nitrogens is 2. The van der Waals surface area contributed by atoms with Crippen molar-refractivity contribution in [3.63, 3.8) is 0 Å². The van der Waals surface area contributed by atoms with Gasteiger partial charge in [-0.2, -0.15) is 0 Å². The van der Waals surface area contributed by atoms with E-state index in [-0.39, 0.29) is 24.3 Å². The van der Waals surface area contributed by atoms with Crippen LogP contribution in [0.3, 0.4) is 0 Å². The van der Waals surface area contributed by atoms with Gasteiger partial charge in [-0.25, -0.2) is 14.4 Å². The molecule has 154 valence electrons. The number of benzene rings is 2. The van der Waals surface area contributed by atoms with Crippen LogP contribution in [0.15, 0.2) is 59.5 Å². The number of hydrogen-bond acceptors (Lipinski definition) is 5. The molecule has 6 nitrogen and oxygen atoms in total. The van der Waals surface area contributed by atoms with Gasteiger partial charge in [0.25, 0.3) is 5.91 Å². The summed E-state index contributed by atoms with van der Waals surface area (Å²) in [6, 6.07) is 11.6. The van der Waals surface area contributed by atoms with Crippen molar-refractivity contribution < 1.29 is 14.3 Å². The molecule has 0 saturated heterocycles. The Hall–Kier alpha value is -2.84. The maximum absolute atomic E-state index is 13.1. The summed E-state index contributed by atoms with van der Waals surface area (Å²) < 4.78 is 14.1. The normalized spacial score (nSPS) is 16.0. The Labute approximate surface area is 181 Å². The molecular weight excluding hydrogens is 451 g/mol. The smallest absolute Gasteiger partial charge is 0.257 e. The number of halogens is 2. The zero-order chi connectivity index (χ0) is 21.1. The molecule has 0 radical (unpaired) electrons. The van der Waals surface area contributed by atoms with Crippen LogP contribution in [0, 0.1) is 5.82 Å². The number of aryl methyl sites for hydroxylation is 1. The molecular formula is C22H20BrFN4O2. The van der Waals surface area contributed by atoms with Crippen LogP contribution in [0.4, 0.5) is 10.2 Å². The molecule has 2 atom stereocenters. The molecule has 1 amide bonds. The number of nitrogens with zero attached hydrogens (tertiary/aromatic N) is 2. The van der Waals surface area contributed by atoms with E-state index in [0.717, 1.165) is 22.9 Å². The summed E-state index contributed by atoms with van der Waals surface area (Å²) in [5, 5.41) is 16.4. The maximum Gasteiger partial charge on any atom is 0.257 e. The fraction of sp³-hybridized carbons (Fsp3) is 0.227. The van der Waals surface area contributed by atoms with Crippen LogP contribution >= 0.6 is 15.9 Å². The number of aliphatic hydroxyl groups excluding tert-OH is 1. The molecule has 8 heteroatoms. The lowest BCUT2D eigenvalue weighted by atomic mass is 10.1. The molecule has 0 aliphatic heterocycles. The van der Waals surface area contributed by atoms with E-state index in [9.17, 15) is 14.3 Å². The van der Waals surface area contributed by atoms with Gasteiger partial charge in [0.2, 0.25) is 0 Å². The van der Waals surface area contributed by atoms with E-state index in [1.54, 1.807) is 0 Å². The molecule has 0 saturated carbocycles. The summed E-state index contributed by atoms with van der Waals surface area (Å²) in [4.78, 5) is 21.0. The first-order valence-corrected chi connectivity index (χ1v) is 10.4. The van der Waals surface area contributed by atoms with Crippen molar-refractivity contribution in [2.24, 2.45) is 0 Å². The van der Waals surface area contributed by atoms with E-state index in [4.69, 9.17) is 0 Å². The number of carbonyl (C=O) groups excluding carboxylic acids is 1. The fourth-order valence-electron chi connectivity index (χ4n) is 3.60. The molecule has 4 rings (SSSR count). The standard InChI is InChI=1S/C22H20BrFN4O2/c23-15-4-7-17-14(9-15)3-8-19(17)28-22(30)18-10-25-12-27-21(18)26-11-20(29)13-1-5-16(24)6-2-13/h1-2,4-7,9-10,12,19-20,29H,3,8,11H2,(H,28,30)(H,25,26,27)/t19-,20-/m1/s1. The zero-order valence-electron chi connectivity index (χ0n) is 16.0. The zero-order valence-corrected chi connectivity index (χ0v) is 17.6. The number of fused-ring (bicyclic) bond motifs is 1. The van der Waals surface area contributed by atoms with E-state index in [2.05, 4.69) is 42.6 Å². The molecule has 1 aromatic heterocycles. The van der Waals surface area contributed by atoms with E-state index < -0.39 is 6.10 Å². The van der Waals surface area contributed by atoms with Gasteiger partial charge in [0.1, 0.15) is 23.5 Å². The average molecular weight is 471 g/mol. The Balaban J connectivity index is 1.44. The van der Waals surface area contributed by atoms with Gasteiger partial charge in [-0.1, -0.05) is 34.1 Å². The predicted molar refractivity (Wildman–Crippen MR) is 115 cm³/mol. The third-order valence-corrected chi connectivity index (χ3v) is 5.66. The van der Waals surface area contributed by atoms with E-state index in [1.165, 1.54) is 42.4 Å². The summed E-state index contributed by atoms with van der Waals surface area (Å²) in [6.45, 7) is 0.114. The molecule has 3 N–H and O–H groups in total. The first-order chi connectivity index (χ1) is 14.5. The highest BCUT2D eigenvalue weighted by atomic mass is 79.9. The van der Waals surface area contributed by atoms with Gasteiger partial charge in [-0.15, -0.1) is 0 Å². The second-order valence-corrected chi connectivity index (χ2v) is 8.06. The van der Waals surface area contributed by atoms with Crippen molar-refractivity contribution >= 4 is 27.7 Å².